The number of hydrogen-bond acceptors (Lipinski definition) is 2. The predicted molar refractivity (Wildman–Crippen MR) is 46.5 cm³/mol. The maximum Gasteiger partial charge on any atom is 0.0471 e. The highest BCUT2D eigenvalue weighted by Gasteiger charge is 2.16. The van der Waals surface area contributed by atoms with Crippen LogP contribution in [-0.4, -0.2) is 24.3 Å². The third-order valence-corrected chi connectivity index (χ3v) is 2.57. The fourth-order valence-corrected chi connectivity index (χ4v) is 1.67. The minimum atomic E-state index is 0.317. The Bertz CT molecular complexity index is 97.7. The fraction of sp³-hybridized carbons (Fsp3) is 1.00. The van der Waals surface area contributed by atoms with Crippen molar-refractivity contribution in [3.05, 3.63) is 0 Å². The van der Waals surface area contributed by atoms with Crippen molar-refractivity contribution in [2.24, 2.45) is 5.92 Å². The Hall–Kier alpha value is -0.0800. The van der Waals surface area contributed by atoms with Crippen LogP contribution in [0.15, 0.2) is 0 Å². The van der Waals surface area contributed by atoms with Gasteiger partial charge in [0.15, 0.2) is 0 Å². The molecule has 2 atom stereocenters. The molecule has 0 amide bonds. The van der Waals surface area contributed by atoms with E-state index in [-0.39, 0.29) is 0 Å². The molecule has 1 saturated heterocycles. The van der Waals surface area contributed by atoms with Crippen LogP contribution in [0.3, 0.4) is 0 Å². The Morgan fingerprint density at radius 3 is 3.00 bits per heavy atom. The highest BCUT2D eigenvalue weighted by atomic mass is 16.3. The lowest BCUT2D eigenvalue weighted by Crippen LogP contribution is -2.35. The van der Waals surface area contributed by atoms with Crippen molar-refractivity contribution in [3.8, 4) is 0 Å². The first-order chi connectivity index (χ1) is 5.34. The number of rotatable bonds is 2. The van der Waals surface area contributed by atoms with Gasteiger partial charge in [0.1, 0.15) is 0 Å². The molecule has 66 valence electrons. The molecule has 2 heteroatoms. The number of aliphatic hydroxyl groups excluding tert-OH is 1. The summed E-state index contributed by atoms with van der Waals surface area (Å²) in [5, 5.41) is 12.4. The minimum absolute atomic E-state index is 0.317. The van der Waals surface area contributed by atoms with Crippen LogP contribution in [-0.2, 0) is 0 Å². The van der Waals surface area contributed by atoms with Gasteiger partial charge < -0.3 is 10.4 Å². The van der Waals surface area contributed by atoms with Gasteiger partial charge in [-0.15, -0.1) is 0 Å². The van der Waals surface area contributed by atoms with Crippen molar-refractivity contribution < 1.29 is 5.11 Å². The lowest BCUT2D eigenvalue weighted by Gasteiger charge is -2.21. The van der Waals surface area contributed by atoms with Crippen molar-refractivity contribution in [3.63, 3.8) is 0 Å². The van der Waals surface area contributed by atoms with Crippen molar-refractivity contribution in [1.29, 1.82) is 0 Å². The zero-order valence-electron chi connectivity index (χ0n) is 7.34. The van der Waals surface area contributed by atoms with E-state index in [0.717, 1.165) is 6.54 Å². The second-order valence-electron chi connectivity index (χ2n) is 3.57. The molecule has 1 heterocycles. The Labute approximate surface area is 69.0 Å². The monoisotopic (exact) mass is 157 g/mol. The molecule has 2 unspecified atom stereocenters. The fourth-order valence-electron chi connectivity index (χ4n) is 1.67. The van der Waals surface area contributed by atoms with Gasteiger partial charge in [0, 0.05) is 12.6 Å². The molecule has 1 aliphatic heterocycles. The summed E-state index contributed by atoms with van der Waals surface area (Å²) in [4.78, 5) is 0. The van der Waals surface area contributed by atoms with Crippen LogP contribution in [0.1, 0.15) is 32.6 Å². The quantitative estimate of drug-likeness (QED) is 0.630. The van der Waals surface area contributed by atoms with Gasteiger partial charge in [0.25, 0.3) is 0 Å². The molecule has 0 bridgehead atoms. The molecule has 11 heavy (non-hydrogen) atoms. The summed E-state index contributed by atoms with van der Waals surface area (Å²) >= 11 is 0. The average molecular weight is 157 g/mol. The molecule has 1 fully saturated rings. The van der Waals surface area contributed by atoms with E-state index < -0.39 is 0 Å². The molecule has 0 aromatic carbocycles. The van der Waals surface area contributed by atoms with Gasteiger partial charge in [0.2, 0.25) is 0 Å². The van der Waals surface area contributed by atoms with E-state index in [4.69, 9.17) is 5.11 Å². The number of hydrogen-bond donors (Lipinski definition) is 2. The predicted octanol–water partition coefficient (Wildman–Crippen LogP) is 1.15. The second kappa shape index (κ2) is 4.73. The SMILES string of the molecule is CC(CO)C1CCCCCN1. The van der Waals surface area contributed by atoms with Gasteiger partial charge >= 0.3 is 0 Å². The molecule has 2 nitrogen and oxygen atoms in total. The van der Waals surface area contributed by atoms with Crippen LogP contribution in [0.2, 0.25) is 0 Å². The van der Waals surface area contributed by atoms with E-state index in [1.165, 1.54) is 25.7 Å². The summed E-state index contributed by atoms with van der Waals surface area (Å²) in [7, 11) is 0. The summed E-state index contributed by atoms with van der Waals surface area (Å²) in [5.74, 6) is 0.424. The van der Waals surface area contributed by atoms with Gasteiger partial charge in [-0.3, -0.25) is 0 Å². The lowest BCUT2D eigenvalue weighted by molar-refractivity contribution is 0.199. The first-order valence-electron chi connectivity index (χ1n) is 4.69. The van der Waals surface area contributed by atoms with Crippen LogP contribution in [0.25, 0.3) is 0 Å². The van der Waals surface area contributed by atoms with Crippen LogP contribution in [0.4, 0.5) is 0 Å². The topological polar surface area (TPSA) is 32.3 Å². The maximum atomic E-state index is 8.94. The van der Waals surface area contributed by atoms with E-state index in [1.807, 2.05) is 0 Å². The average Bonchev–Trinajstić information content (AvgIpc) is 2.30. The summed E-state index contributed by atoms with van der Waals surface area (Å²) < 4.78 is 0. The molecule has 0 saturated carbocycles. The largest absolute Gasteiger partial charge is 0.396 e. The van der Waals surface area contributed by atoms with Crippen molar-refractivity contribution in [1.82, 2.24) is 5.32 Å². The number of aliphatic hydroxyl groups is 1. The Balaban J connectivity index is 2.30. The molecule has 0 radical (unpaired) electrons. The van der Waals surface area contributed by atoms with Crippen LogP contribution in [0.5, 0.6) is 0 Å². The first kappa shape index (κ1) is 9.01. The Kier molecular flexibility index (Phi) is 3.87. The van der Waals surface area contributed by atoms with Gasteiger partial charge in [0.05, 0.1) is 0 Å². The van der Waals surface area contributed by atoms with E-state index in [1.54, 1.807) is 0 Å². The van der Waals surface area contributed by atoms with Gasteiger partial charge in [-0.1, -0.05) is 19.8 Å². The highest BCUT2D eigenvalue weighted by Crippen LogP contribution is 2.14. The lowest BCUT2D eigenvalue weighted by atomic mass is 9.99. The van der Waals surface area contributed by atoms with E-state index in [2.05, 4.69) is 12.2 Å². The summed E-state index contributed by atoms with van der Waals surface area (Å²) in [5.41, 5.74) is 0. The molecule has 0 aromatic heterocycles. The molecular weight excluding hydrogens is 138 g/mol. The normalized spacial score (nSPS) is 29.5. The molecule has 1 rings (SSSR count). The maximum absolute atomic E-state index is 8.94. The van der Waals surface area contributed by atoms with Crippen molar-refractivity contribution in [2.75, 3.05) is 13.2 Å². The van der Waals surface area contributed by atoms with Gasteiger partial charge in [-0.2, -0.15) is 0 Å². The van der Waals surface area contributed by atoms with Crippen LogP contribution in [0, 0.1) is 5.92 Å². The highest BCUT2D eigenvalue weighted by molar-refractivity contribution is 4.75. The molecule has 2 N–H and O–H groups in total. The van der Waals surface area contributed by atoms with Gasteiger partial charge in [-0.25, -0.2) is 0 Å². The van der Waals surface area contributed by atoms with Crippen LogP contribution < -0.4 is 5.32 Å². The molecule has 0 aromatic rings. The molecule has 1 aliphatic rings. The standard InChI is InChI=1S/C9H19NO/c1-8(7-11)9-5-3-2-4-6-10-9/h8-11H,2-7H2,1H3. The molecule has 0 aliphatic carbocycles. The summed E-state index contributed by atoms with van der Waals surface area (Å²) in [6, 6.07) is 0.558. The molecular formula is C9H19NO. The third kappa shape index (κ3) is 2.80. The third-order valence-electron chi connectivity index (χ3n) is 2.57. The van der Waals surface area contributed by atoms with Crippen LogP contribution >= 0.6 is 0 Å². The Morgan fingerprint density at radius 1 is 1.45 bits per heavy atom. The zero-order chi connectivity index (χ0) is 8.10. The van der Waals surface area contributed by atoms with E-state index in [9.17, 15) is 0 Å². The van der Waals surface area contributed by atoms with Crippen molar-refractivity contribution >= 4 is 0 Å². The molecule has 0 spiro atoms. The van der Waals surface area contributed by atoms with Gasteiger partial charge in [-0.05, 0) is 25.3 Å². The number of nitrogens with one attached hydrogen (secondary N) is 1. The minimum Gasteiger partial charge on any atom is -0.396 e. The zero-order valence-corrected chi connectivity index (χ0v) is 7.34. The van der Waals surface area contributed by atoms with E-state index >= 15 is 0 Å². The first-order valence-corrected chi connectivity index (χ1v) is 4.69. The smallest absolute Gasteiger partial charge is 0.0471 e. The second-order valence-corrected chi connectivity index (χ2v) is 3.57. The van der Waals surface area contributed by atoms with E-state index in [0.29, 0.717) is 18.6 Å². The summed E-state index contributed by atoms with van der Waals surface area (Å²) in [6.07, 6.45) is 5.21. The van der Waals surface area contributed by atoms with Crippen molar-refractivity contribution in [2.45, 2.75) is 38.6 Å². The Morgan fingerprint density at radius 2 is 2.27 bits per heavy atom. The summed E-state index contributed by atoms with van der Waals surface area (Å²) in [6.45, 7) is 3.57.